The number of hydrogen-bond donors (Lipinski definition) is 1. The number of ether oxygens (including phenoxy) is 2. The number of aromatic nitrogens is 2. The first-order valence-electron chi connectivity index (χ1n) is 7.47. The molecule has 1 aromatic heterocycles. The lowest BCUT2D eigenvalue weighted by Gasteiger charge is -2.32. The molecule has 0 spiro atoms. The normalized spacial score (nSPS) is 26.3. The molecule has 112 valence electrons. The second-order valence-electron chi connectivity index (χ2n) is 5.47. The van der Waals surface area contributed by atoms with Crippen LogP contribution >= 0.6 is 0 Å². The Bertz CT molecular complexity index is 429. The Hall–Kier alpha value is -1.36. The van der Waals surface area contributed by atoms with Crippen molar-refractivity contribution in [1.82, 2.24) is 9.97 Å². The summed E-state index contributed by atoms with van der Waals surface area (Å²) in [5.41, 5.74) is 1.07. The van der Waals surface area contributed by atoms with E-state index in [9.17, 15) is 0 Å². The molecule has 2 heterocycles. The monoisotopic (exact) mass is 279 g/mol. The van der Waals surface area contributed by atoms with Gasteiger partial charge in [0.25, 0.3) is 0 Å². The van der Waals surface area contributed by atoms with Crippen molar-refractivity contribution in [1.29, 1.82) is 0 Å². The highest BCUT2D eigenvalue weighted by molar-refractivity contribution is 5.48. The molecule has 5 nitrogen and oxygen atoms in total. The van der Waals surface area contributed by atoms with E-state index in [-0.39, 0.29) is 18.3 Å². The van der Waals surface area contributed by atoms with Crippen LogP contribution in [0.2, 0.25) is 0 Å². The lowest BCUT2D eigenvalue weighted by atomic mass is 10.0. The Kier molecular flexibility index (Phi) is 5.17. The third-order valence-corrected chi connectivity index (χ3v) is 3.58. The first kappa shape index (κ1) is 15.0. The fourth-order valence-electron chi connectivity index (χ4n) is 2.79. The van der Waals surface area contributed by atoms with Gasteiger partial charge in [0, 0.05) is 19.9 Å². The van der Waals surface area contributed by atoms with Crippen LogP contribution in [0.25, 0.3) is 0 Å². The molecule has 0 saturated carbocycles. The van der Waals surface area contributed by atoms with Gasteiger partial charge in [0.1, 0.15) is 18.2 Å². The van der Waals surface area contributed by atoms with Crippen LogP contribution in [0.1, 0.15) is 45.6 Å². The van der Waals surface area contributed by atoms with Crippen molar-refractivity contribution in [3.8, 4) is 5.88 Å². The summed E-state index contributed by atoms with van der Waals surface area (Å²) in [6.45, 7) is 6.34. The van der Waals surface area contributed by atoms with E-state index < -0.39 is 0 Å². The highest BCUT2D eigenvalue weighted by Crippen LogP contribution is 2.28. The lowest BCUT2D eigenvalue weighted by Crippen LogP contribution is -2.36. The van der Waals surface area contributed by atoms with Crippen LogP contribution < -0.4 is 10.1 Å². The molecule has 1 saturated heterocycles. The van der Waals surface area contributed by atoms with E-state index in [1.165, 1.54) is 0 Å². The molecule has 1 aliphatic heterocycles. The van der Waals surface area contributed by atoms with Gasteiger partial charge < -0.3 is 14.8 Å². The van der Waals surface area contributed by atoms with Crippen LogP contribution in [0.4, 0.5) is 5.82 Å². The number of hydrogen-bond acceptors (Lipinski definition) is 5. The van der Waals surface area contributed by atoms with E-state index in [1.54, 1.807) is 6.33 Å². The molecule has 2 atom stereocenters. The van der Waals surface area contributed by atoms with Gasteiger partial charge in [-0.3, -0.25) is 0 Å². The summed E-state index contributed by atoms with van der Waals surface area (Å²) in [4.78, 5) is 8.61. The van der Waals surface area contributed by atoms with E-state index in [2.05, 4.69) is 36.1 Å². The average Bonchev–Trinajstić information content (AvgIpc) is 2.39. The van der Waals surface area contributed by atoms with Gasteiger partial charge in [0.15, 0.2) is 0 Å². The molecule has 0 aromatic carbocycles. The van der Waals surface area contributed by atoms with Gasteiger partial charge in [0.2, 0.25) is 5.88 Å². The largest absolute Gasteiger partial charge is 0.474 e. The van der Waals surface area contributed by atoms with Crippen molar-refractivity contribution in [2.75, 3.05) is 12.4 Å². The quantitative estimate of drug-likeness (QED) is 0.898. The molecule has 1 fully saturated rings. The predicted molar refractivity (Wildman–Crippen MR) is 79.2 cm³/mol. The first-order chi connectivity index (χ1) is 9.63. The summed E-state index contributed by atoms with van der Waals surface area (Å²) < 4.78 is 11.9. The Morgan fingerprint density at radius 2 is 2.00 bits per heavy atom. The Labute approximate surface area is 121 Å². The summed E-state index contributed by atoms with van der Waals surface area (Å²) in [5, 5.41) is 3.12. The Morgan fingerprint density at radius 1 is 1.30 bits per heavy atom. The molecule has 2 rings (SSSR count). The SMILES string of the molecule is CCCc1c(NC)ncnc1OC1CC(C)OC(C)C1. The third kappa shape index (κ3) is 3.60. The van der Waals surface area contributed by atoms with Crippen molar-refractivity contribution in [3.05, 3.63) is 11.9 Å². The molecule has 0 bridgehead atoms. The van der Waals surface area contributed by atoms with Crippen LogP contribution in [0.5, 0.6) is 5.88 Å². The molecule has 0 amide bonds. The number of nitrogens with zero attached hydrogens (tertiary/aromatic N) is 2. The molecular weight excluding hydrogens is 254 g/mol. The molecule has 20 heavy (non-hydrogen) atoms. The first-order valence-corrected chi connectivity index (χ1v) is 7.47. The van der Waals surface area contributed by atoms with E-state index in [0.29, 0.717) is 0 Å². The molecule has 1 aromatic rings. The molecule has 0 radical (unpaired) electrons. The van der Waals surface area contributed by atoms with Crippen LogP contribution in [-0.4, -0.2) is 35.3 Å². The van der Waals surface area contributed by atoms with Gasteiger partial charge in [-0.1, -0.05) is 13.3 Å². The maximum absolute atomic E-state index is 6.15. The number of nitrogens with one attached hydrogen (secondary N) is 1. The summed E-state index contributed by atoms with van der Waals surface area (Å²) in [6, 6.07) is 0. The topological polar surface area (TPSA) is 56.3 Å². The zero-order valence-electron chi connectivity index (χ0n) is 12.8. The Balaban J connectivity index is 2.15. The zero-order chi connectivity index (χ0) is 14.5. The Morgan fingerprint density at radius 3 is 2.60 bits per heavy atom. The van der Waals surface area contributed by atoms with Crippen LogP contribution in [-0.2, 0) is 11.2 Å². The minimum Gasteiger partial charge on any atom is -0.474 e. The van der Waals surface area contributed by atoms with Gasteiger partial charge in [0.05, 0.1) is 17.8 Å². The smallest absolute Gasteiger partial charge is 0.222 e. The summed E-state index contributed by atoms with van der Waals surface area (Å²) in [6.07, 6.45) is 5.99. The van der Waals surface area contributed by atoms with Gasteiger partial charge in [-0.25, -0.2) is 9.97 Å². The van der Waals surface area contributed by atoms with Crippen molar-refractivity contribution in [2.45, 2.75) is 64.8 Å². The average molecular weight is 279 g/mol. The molecule has 2 unspecified atom stereocenters. The van der Waals surface area contributed by atoms with E-state index in [1.807, 2.05) is 7.05 Å². The van der Waals surface area contributed by atoms with Gasteiger partial charge in [-0.05, 0) is 20.3 Å². The van der Waals surface area contributed by atoms with E-state index in [4.69, 9.17) is 9.47 Å². The van der Waals surface area contributed by atoms with Crippen LogP contribution in [0, 0.1) is 0 Å². The molecule has 1 N–H and O–H groups in total. The van der Waals surface area contributed by atoms with Gasteiger partial charge >= 0.3 is 0 Å². The van der Waals surface area contributed by atoms with E-state index >= 15 is 0 Å². The second kappa shape index (κ2) is 6.88. The predicted octanol–water partition coefficient (Wildman–Crippen LogP) is 2.81. The minimum absolute atomic E-state index is 0.170. The summed E-state index contributed by atoms with van der Waals surface area (Å²) >= 11 is 0. The number of anilines is 1. The summed E-state index contributed by atoms with van der Waals surface area (Å²) in [7, 11) is 1.88. The van der Waals surface area contributed by atoms with Crippen LogP contribution in [0.15, 0.2) is 6.33 Å². The molecular formula is C15H25N3O2. The molecule has 0 aliphatic carbocycles. The highest BCUT2D eigenvalue weighted by Gasteiger charge is 2.27. The van der Waals surface area contributed by atoms with Gasteiger partial charge in [-0.15, -0.1) is 0 Å². The fourth-order valence-corrected chi connectivity index (χ4v) is 2.79. The van der Waals surface area contributed by atoms with Crippen molar-refractivity contribution >= 4 is 5.82 Å². The van der Waals surface area contributed by atoms with Crippen molar-refractivity contribution in [3.63, 3.8) is 0 Å². The second-order valence-corrected chi connectivity index (χ2v) is 5.47. The van der Waals surface area contributed by atoms with E-state index in [0.717, 1.165) is 42.9 Å². The lowest BCUT2D eigenvalue weighted by molar-refractivity contribution is -0.0731. The van der Waals surface area contributed by atoms with Gasteiger partial charge in [-0.2, -0.15) is 0 Å². The maximum Gasteiger partial charge on any atom is 0.222 e. The molecule has 5 heteroatoms. The third-order valence-electron chi connectivity index (χ3n) is 3.58. The maximum atomic E-state index is 6.15. The van der Waals surface area contributed by atoms with Crippen molar-refractivity contribution in [2.24, 2.45) is 0 Å². The fraction of sp³-hybridized carbons (Fsp3) is 0.733. The minimum atomic E-state index is 0.170. The van der Waals surface area contributed by atoms with Crippen LogP contribution in [0.3, 0.4) is 0 Å². The summed E-state index contributed by atoms with van der Waals surface area (Å²) in [5.74, 6) is 1.59. The zero-order valence-corrected chi connectivity index (χ0v) is 12.8. The standard InChI is InChI=1S/C15H25N3O2/c1-5-6-13-14(16-4)17-9-18-15(13)20-12-7-10(2)19-11(3)8-12/h9-12H,5-8H2,1-4H3,(H,16,17,18). The number of rotatable bonds is 5. The molecule has 1 aliphatic rings. The highest BCUT2D eigenvalue weighted by atomic mass is 16.5. The van der Waals surface area contributed by atoms with Crippen molar-refractivity contribution < 1.29 is 9.47 Å².